The van der Waals surface area contributed by atoms with Crippen molar-refractivity contribution < 1.29 is 8.78 Å². The van der Waals surface area contributed by atoms with Gasteiger partial charge < -0.3 is 5.41 Å². The van der Waals surface area contributed by atoms with Gasteiger partial charge in [-0.15, -0.1) is 0 Å². The van der Waals surface area contributed by atoms with E-state index in [4.69, 9.17) is 5.41 Å². The van der Waals surface area contributed by atoms with E-state index in [9.17, 15) is 8.78 Å². The first-order chi connectivity index (χ1) is 5.61. The van der Waals surface area contributed by atoms with Gasteiger partial charge in [-0.3, -0.25) is 0 Å². The molecule has 12 heavy (non-hydrogen) atoms. The van der Waals surface area contributed by atoms with Crippen molar-refractivity contribution in [3.8, 4) is 0 Å². The largest absolute Gasteiger partial charge is 0.305 e. The Morgan fingerprint density at radius 1 is 1.42 bits per heavy atom. The molecule has 1 N–H and O–H groups in total. The van der Waals surface area contributed by atoms with Crippen molar-refractivity contribution in [3.05, 3.63) is 35.4 Å². The van der Waals surface area contributed by atoms with Crippen molar-refractivity contribution in [2.75, 3.05) is 0 Å². The molecule has 0 aliphatic rings. The zero-order valence-electron chi connectivity index (χ0n) is 6.64. The van der Waals surface area contributed by atoms with E-state index < -0.39 is 6.43 Å². The molecule has 0 fully saturated rings. The summed E-state index contributed by atoms with van der Waals surface area (Å²) >= 11 is 0. The van der Waals surface area contributed by atoms with E-state index in [2.05, 4.69) is 0 Å². The van der Waals surface area contributed by atoms with Gasteiger partial charge in [-0.1, -0.05) is 18.2 Å². The molecule has 1 nitrogen and oxygen atoms in total. The average Bonchev–Trinajstić information content (AvgIpc) is 2.04. The van der Waals surface area contributed by atoms with Crippen LogP contribution in [-0.4, -0.2) is 5.71 Å². The quantitative estimate of drug-likeness (QED) is 0.658. The Kier molecular flexibility index (Phi) is 2.53. The Bertz CT molecular complexity index is 294. The molecule has 0 bridgehead atoms. The highest BCUT2D eigenvalue weighted by atomic mass is 19.3. The zero-order chi connectivity index (χ0) is 9.14. The summed E-state index contributed by atoms with van der Waals surface area (Å²) in [7, 11) is 0. The summed E-state index contributed by atoms with van der Waals surface area (Å²) < 4.78 is 24.3. The molecular weight excluding hydrogens is 160 g/mol. The molecule has 0 amide bonds. The third kappa shape index (κ3) is 1.87. The van der Waals surface area contributed by atoms with Gasteiger partial charge in [-0.05, 0) is 18.6 Å². The van der Waals surface area contributed by atoms with E-state index in [-0.39, 0.29) is 5.56 Å². The lowest BCUT2D eigenvalue weighted by atomic mass is 10.1. The smallest absolute Gasteiger partial charge is 0.263 e. The zero-order valence-corrected chi connectivity index (χ0v) is 6.64. The molecule has 0 unspecified atom stereocenters. The summed E-state index contributed by atoms with van der Waals surface area (Å²) in [6.45, 7) is 1.57. The van der Waals surface area contributed by atoms with Crippen molar-refractivity contribution in [1.29, 1.82) is 5.41 Å². The average molecular weight is 169 g/mol. The molecule has 0 heterocycles. The molecule has 0 aliphatic heterocycles. The fourth-order valence-electron chi connectivity index (χ4n) is 0.908. The number of alkyl halides is 2. The van der Waals surface area contributed by atoms with Gasteiger partial charge in [0.2, 0.25) is 0 Å². The molecule has 0 saturated heterocycles. The number of benzene rings is 1. The van der Waals surface area contributed by atoms with Gasteiger partial charge in [0.1, 0.15) is 0 Å². The standard InChI is InChI=1S/C9H9F2N/c1-6(12)7-3-2-4-8(5-7)9(10)11/h2-5,9,12H,1H3. The van der Waals surface area contributed by atoms with Gasteiger partial charge in [0.05, 0.1) is 0 Å². The number of rotatable bonds is 2. The molecule has 1 rings (SSSR count). The maximum Gasteiger partial charge on any atom is 0.263 e. The topological polar surface area (TPSA) is 23.9 Å². The Hall–Kier alpha value is -1.25. The Labute approximate surface area is 69.5 Å². The predicted molar refractivity (Wildman–Crippen MR) is 43.9 cm³/mol. The van der Waals surface area contributed by atoms with Crippen molar-refractivity contribution in [1.82, 2.24) is 0 Å². The first-order valence-electron chi connectivity index (χ1n) is 3.55. The van der Waals surface area contributed by atoms with Gasteiger partial charge in [0, 0.05) is 11.3 Å². The summed E-state index contributed by atoms with van der Waals surface area (Å²) in [6, 6.07) is 5.88. The lowest BCUT2D eigenvalue weighted by Crippen LogP contribution is -1.93. The monoisotopic (exact) mass is 169 g/mol. The van der Waals surface area contributed by atoms with E-state index in [0.29, 0.717) is 11.3 Å². The second-order valence-electron chi connectivity index (χ2n) is 2.55. The van der Waals surface area contributed by atoms with Crippen LogP contribution in [0.1, 0.15) is 24.5 Å². The molecule has 1 aromatic rings. The van der Waals surface area contributed by atoms with Crippen LogP contribution in [0, 0.1) is 5.41 Å². The first-order valence-corrected chi connectivity index (χ1v) is 3.55. The summed E-state index contributed by atoms with van der Waals surface area (Å²) in [4.78, 5) is 0. The van der Waals surface area contributed by atoms with Gasteiger partial charge in [0.25, 0.3) is 6.43 Å². The molecular formula is C9H9F2N. The highest BCUT2D eigenvalue weighted by molar-refractivity contribution is 5.96. The van der Waals surface area contributed by atoms with Crippen LogP contribution < -0.4 is 0 Å². The fourth-order valence-corrected chi connectivity index (χ4v) is 0.908. The lowest BCUT2D eigenvalue weighted by molar-refractivity contribution is 0.151. The molecule has 0 aromatic heterocycles. The highest BCUT2D eigenvalue weighted by Crippen LogP contribution is 2.19. The number of hydrogen-bond acceptors (Lipinski definition) is 1. The van der Waals surface area contributed by atoms with Gasteiger partial charge in [0.15, 0.2) is 0 Å². The molecule has 0 radical (unpaired) electrons. The van der Waals surface area contributed by atoms with E-state index >= 15 is 0 Å². The van der Waals surface area contributed by atoms with Crippen LogP contribution in [0.2, 0.25) is 0 Å². The molecule has 64 valence electrons. The van der Waals surface area contributed by atoms with Gasteiger partial charge in [-0.25, -0.2) is 8.78 Å². The Morgan fingerprint density at radius 2 is 2.08 bits per heavy atom. The molecule has 1 aromatic carbocycles. The summed E-state index contributed by atoms with van der Waals surface area (Å²) in [5.41, 5.74) is 0.824. The summed E-state index contributed by atoms with van der Waals surface area (Å²) in [5.74, 6) is 0. The second-order valence-corrected chi connectivity index (χ2v) is 2.55. The van der Waals surface area contributed by atoms with Gasteiger partial charge in [-0.2, -0.15) is 0 Å². The van der Waals surface area contributed by atoms with Crippen LogP contribution in [0.4, 0.5) is 8.78 Å². The number of hydrogen-bond donors (Lipinski definition) is 1. The van der Waals surface area contributed by atoms with E-state index in [1.807, 2.05) is 0 Å². The SMILES string of the molecule is CC(=N)c1cccc(C(F)F)c1. The second kappa shape index (κ2) is 3.43. The highest BCUT2D eigenvalue weighted by Gasteiger charge is 2.06. The minimum atomic E-state index is -2.45. The molecule has 3 heteroatoms. The van der Waals surface area contributed by atoms with Crippen molar-refractivity contribution in [3.63, 3.8) is 0 Å². The van der Waals surface area contributed by atoms with E-state index in [0.717, 1.165) is 0 Å². The third-order valence-electron chi connectivity index (χ3n) is 1.57. The summed E-state index contributed by atoms with van der Waals surface area (Å²) in [5, 5.41) is 7.23. The van der Waals surface area contributed by atoms with Gasteiger partial charge >= 0.3 is 0 Å². The first kappa shape index (κ1) is 8.84. The minimum absolute atomic E-state index is 0.0286. The van der Waals surface area contributed by atoms with Crippen LogP contribution in [0.3, 0.4) is 0 Å². The third-order valence-corrected chi connectivity index (χ3v) is 1.57. The van der Waals surface area contributed by atoms with Crippen LogP contribution in [-0.2, 0) is 0 Å². The Balaban J connectivity index is 3.04. The molecule has 0 aliphatic carbocycles. The van der Waals surface area contributed by atoms with Crippen LogP contribution in [0.15, 0.2) is 24.3 Å². The number of nitrogens with one attached hydrogen (secondary N) is 1. The lowest BCUT2D eigenvalue weighted by Gasteiger charge is -2.01. The van der Waals surface area contributed by atoms with Crippen molar-refractivity contribution >= 4 is 5.71 Å². The maximum atomic E-state index is 12.1. The van der Waals surface area contributed by atoms with E-state index in [1.165, 1.54) is 18.2 Å². The van der Waals surface area contributed by atoms with E-state index in [1.54, 1.807) is 13.0 Å². The Morgan fingerprint density at radius 3 is 2.58 bits per heavy atom. The predicted octanol–water partition coefficient (Wildman–Crippen LogP) is 3.01. The summed E-state index contributed by atoms with van der Waals surface area (Å²) in [6.07, 6.45) is -2.45. The van der Waals surface area contributed by atoms with Crippen LogP contribution in [0.25, 0.3) is 0 Å². The van der Waals surface area contributed by atoms with Crippen molar-refractivity contribution in [2.24, 2.45) is 0 Å². The molecule has 0 atom stereocenters. The number of halogens is 2. The van der Waals surface area contributed by atoms with Crippen LogP contribution >= 0.6 is 0 Å². The molecule has 0 saturated carbocycles. The molecule has 0 spiro atoms. The van der Waals surface area contributed by atoms with Crippen molar-refractivity contribution in [2.45, 2.75) is 13.3 Å². The maximum absolute atomic E-state index is 12.1. The normalized spacial score (nSPS) is 10.3. The minimum Gasteiger partial charge on any atom is -0.305 e. The van der Waals surface area contributed by atoms with Crippen LogP contribution in [0.5, 0.6) is 0 Å². The fraction of sp³-hybridized carbons (Fsp3) is 0.222.